The molecular formula is C12H9FN2O2S2. The Balaban J connectivity index is 2.33. The predicted molar refractivity (Wildman–Crippen MR) is 71.0 cm³/mol. The van der Waals surface area contributed by atoms with Crippen LogP contribution in [0.2, 0.25) is 0 Å². The molecule has 7 heteroatoms. The van der Waals surface area contributed by atoms with Gasteiger partial charge in [0.05, 0.1) is 5.69 Å². The molecule has 0 fully saturated rings. The van der Waals surface area contributed by atoms with E-state index >= 15 is 0 Å². The van der Waals surface area contributed by atoms with Crippen molar-refractivity contribution in [3.05, 3.63) is 46.6 Å². The van der Waals surface area contributed by atoms with E-state index in [2.05, 4.69) is 4.72 Å². The number of nitrogens with one attached hydrogen (secondary N) is 1. The zero-order valence-corrected chi connectivity index (χ0v) is 11.5. The summed E-state index contributed by atoms with van der Waals surface area (Å²) in [6.45, 7) is 1.67. The third kappa shape index (κ3) is 3.10. The Kier molecular flexibility index (Phi) is 3.55. The molecule has 19 heavy (non-hydrogen) atoms. The first-order valence-electron chi connectivity index (χ1n) is 5.21. The van der Waals surface area contributed by atoms with E-state index < -0.39 is 15.8 Å². The fraction of sp³-hybridized carbons (Fsp3) is 0.0833. The summed E-state index contributed by atoms with van der Waals surface area (Å²) in [5.74, 6) is -0.512. The highest BCUT2D eigenvalue weighted by Gasteiger charge is 2.17. The Hall–Kier alpha value is -1.91. The molecule has 1 N–H and O–H groups in total. The zero-order valence-electron chi connectivity index (χ0n) is 9.84. The van der Waals surface area contributed by atoms with Gasteiger partial charge in [0.2, 0.25) is 0 Å². The van der Waals surface area contributed by atoms with Crippen LogP contribution in [0.25, 0.3) is 0 Å². The molecule has 0 aliphatic rings. The Labute approximate surface area is 114 Å². The first kappa shape index (κ1) is 13.5. The van der Waals surface area contributed by atoms with Crippen LogP contribution in [-0.2, 0) is 10.0 Å². The number of halogens is 1. The van der Waals surface area contributed by atoms with Gasteiger partial charge in [-0.2, -0.15) is 5.26 Å². The molecule has 1 heterocycles. The number of nitriles is 1. The molecule has 0 aliphatic carbocycles. The molecule has 0 saturated heterocycles. The second-order valence-corrected chi connectivity index (χ2v) is 6.85. The van der Waals surface area contributed by atoms with Crippen molar-refractivity contribution < 1.29 is 12.8 Å². The molecule has 2 aromatic rings. The molecule has 1 aromatic heterocycles. The summed E-state index contributed by atoms with van der Waals surface area (Å²) in [6.07, 6.45) is 0. The van der Waals surface area contributed by atoms with Crippen LogP contribution in [0, 0.1) is 24.1 Å². The van der Waals surface area contributed by atoms with Crippen LogP contribution in [-0.4, -0.2) is 8.42 Å². The van der Waals surface area contributed by atoms with Crippen LogP contribution >= 0.6 is 11.3 Å². The van der Waals surface area contributed by atoms with Crippen LogP contribution in [0.15, 0.2) is 34.5 Å². The molecule has 0 unspecified atom stereocenters. The van der Waals surface area contributed by atoms with Gasteiger partial charge in [-0.25, -0.2) is 12.8 Å². The number of sulfonamides is 1. The first-order valence-corrected chi connectivity index (χ1v) is 7.50. The number of hydrogen-bond donors (Lipinski definition) is 1. The van der Waals surface area contributed by atoms with Gasteiger partial charge in [-0.3, -0.25) is 4.72 Å². The fourth-order valence-corrected chi connectivity index (χ4v) is 3.67. The van der Waals surface area contributed by atoms with Gasteiger partial charge in [-0.1, -0.05) is 0 Å². The van der Waals surface area contributed by atoms with Gasteiger partial charge in [0.15, 0.2) is 0 Å². The van der Waals surface area contributed by atoms with Crippen LogP contribution in [0.4, 0.5) is 10.1 Å². The molecule has 0 aliphatic heterocycles. The molecule has 0 atom stereocenters. The van der Waals surface area contributed by atoms with Gasteiger partial charge in [0.1, 0.15) is 21.0 Å². The molecule has 0 amide bonds. The van der Waals surface area contributed by atoms with Crippen molar-refractivity contribution in [1.82, 2.24) is 0 Å². The second-order valence-electron chi connectivity index (χ2n) is 3.85. The smallest absolute Gasteiger partial charge is 0.271 e. The van der Waals surface area contributed by atoms with Crippen molar-refractivity contribution in [2.45, 2.75) is 11.1 Å². The Morgan fingerprint density at radius 3 is 2.63 bits per heavy atom. The third-order valence-electron chi connectivity index (χ3n) is 2.25. The van der Waals surface area contributed by atoms with Gasteiger partial charge in [-0.05, 0) is 42.8 Å². The fourth-order valence-electron chi connectivity index (χ4n) is 1.53. The minimum atomic E-state index is -3.79. The summed E-state index contributed by atoms with van der Waals surface area (Å²) in [6, 6.07) is 8.57. The zero-order chi connectivity index (χ0) is 14.0. The van der Waals surface area contributed by atoms with Gasteiger partial charge < -0.3 is 0 Å². The predicted octanol–water partition coefficient (Wildman–Crippen LogP) is 2.87. The van der Waals surface area contributed by atoms with Crippen molar-refractivity contribution >= 4 is 27.0 Å². The maximum absolute atomic E-state index is 13.2. The van der Waals surface area contributed by atoms with Crippen molar-refractivity contribution in [2.75, 3.05) is 4.72 Å². The lowest BCUT2D eigenvalue weighted by molar-refractivity contribution is 0.603. The van der Waals surface area contributed by atoms with Crippen LogP contribution in [0.3, 0.4) is 0 Å². The summed E-state index contributed by atoms with van der Waals surface area (Å²) in [5, 5.41) is 8.67. The summed E-state index contributed by atoms with van der Waals surface area (Å²) in [7, 11) is -3.79. The number of hydrogen-bond acceptors (Lipinski definition) is 4. The van der Waals surface area contributed by atoms with E-state index in [4.69, 9.17) is 5.26 Å². The molecule has 0 spiro atoms. The average Bonchev–Trinajstić information content (AvgIpc) is 2.75. The maximum atomic E-state index is 13.2. The van der Waals surface area contributed by atoms with E-state index in [1.807, 2.05) is 6.07 Å². The number of thiophene rings is 1. The number of rotatable bonds is 3. The maximum Gasteiger partial charge on any atom is 0.271 e. The van der Waals surface area contributed by atoms with Gasteiger partial charge in [-0.15, -0.1) is 11.3 Å². The Morgan fingerprint density at radius 2 is 2.05 bits per heavy atom. The minimum Gasteiger partial charge on any atom is -0.279 e. The standard InChI is InChI=1S/C12H9FN2O2S2/c1-8-4-9(13)6-10(5-8)15-19(16,17)12-3-2-11(7-14)18-12/h2-6,15H,1H3. The van der Waals surface area contributed by atoms with Crippen molar-refractivity contribution in [1.29, 1.82) is 5.26 Å². The van der Waals surface area contributed by atoms with Crippen LogP contribution < -0.4 is 4.72 Å². The Bertz CT molecular complexity index is 740. The average molecular weight is 296 g/mol. The highest BCUT2D eigenvalue weighted by atomic mass is 32.2. The quantitative estimate of drug-likeness (QED) is 0.946. The number of nitrogens with zero attached hydrogens (tertiary/aromatic N) is 1. The summed E-state index contributed by atoms with van der Waals surface area (Å²) >= 11 is 0.862. The molecule has 2 rings (SSSR count). The number of anilines is 1. The molecule has 1 aromatic carbocycles. The Morgan fingerprint density at radius 1 is 1.32 bits per heavy atom. The lowest BCUT2D eigenvalue weighted by atomic mass is 10.2. The third-order valence-corrected chi connectivity index (χ3v) is 5.11. The van der Waals surface area contributed by atoms with E-state index in [9.17, 15) is 12.8 Å². The van der Waals surface area contributed by atoms with E-state index in [1.54, 1.807) is 6.92 Å². The number of aryl methyl sites for hydroxylation is 1. The van der Waals surface area contributed by atoms with E-state index in [1.165, 1.54) is 24.3 Å². The summed E-state index contributed by atoms with van der Waals surface area (Å²) in [5.41, 5.74) is 0.769. The van der Waals surface area contributed by atoms with Crippen molar-refractivity contribution in [2.24, 2.45) is 0 Å². The highest BCUT2D eigenvalue weighted by molar-refractivity contribution is 7.94. The largest absolute Gasteiger partial charge is 0.279 e. The second kappa shape index (κ2) is 4.99. The molecule has 4 nitrogen and oxygen atoms in total. The minimum absolute atomic E-state index is 0.0194. The number of benzene rings is 1. The molecule has 0 radical (unpaired) electrons. The van der Waals surface area contributed by atoms with E-state index in [0.717, 1.165) is 17.4 Å². The summed E-state index contributed by atoms with van der Waals surface area (Å²) in [4.78, 5) is 0.302. The van der Waals surface area contributed by atoms with Crippen LogP contribution in [0.1, 0.15) is 10.4 Å². The van der Waals surface area contributed by atoms with Crippen molar-refractivity contribution in [3.8, 4) is 6.07 Å². The van der Waals surface area contributed by atoms with Crippen molar-refractivity contribution in [3.63, 3.8) is 0 Å². The molecule has 98 valence electrons. The normalized spacial score (nSPS) is 11.0. The van der Waals surface area contributed by atoms with Gasteiger partial charge in [0.25, 0.3) is 10.0 Å². The summed E-state index contributed by atoms with van der Waals surface area (Å²) < 4.78 is 39.5. The highest BCUT2D eigenvalue weighted by Crippen LogP contribution is 2.24. The van der Waals surface area contributed by atoms with Gasteiger partial charge >= 0.3 is 0 Å². The van der Waals surface area contributed by atoms with Crippen LogP contribution in [0.5, 0.6) is 0 Å². The lowest BCUT2D eigenvalue weighted by Gasteiger charge is -2.07. The lowest BCUT2D eigenvalue weighted by Crippen LogP contribution is -2.11. The monoisotopic (exact) mass is 296 g/mol. The van der Waals surface area contributed by atoms with Gasteiger partial charge in [0, 0.05) is 0 Å². The molecule has 0 saturated carbocycles. The first-order chi connectivity index (χ1) is 8.90. The SMILES string of the molecule is Cc1cc(F)cc(NS(=O)(=O)c2ccc(C#N)s2)c1. The van der Waals surface area contributed by atoms with E-state index in [0.29, 0.717) is 10.4 Å². The topological polar surface area (TPSA) is 70.0 Å². The molecular weight excluding hydrogens is 287 g/mol. The molecule has 0 bridgehead atoms. The van der Waals surface area contributed by atoms with E-state index in [-0.39, 0.29) is 9.90 Å².